The van der Waals surface area contributed by atoms with Crippen LogP contribution in [-0.2, 0) is 35.3 Å². The molecule has 0 aromatic heterocycles. The summed E-state index contributed by atoms with van der Waals surface area (Å²) in [5.41, 5.74) is 9.18. The number of ether oxygens (including phenoxy) is 4. The molecule has 5 N–H and O–H groups in total. The van der Waals surface area contributed by atoms with Gasteiger partial charge in [0.1, 0.15) is 23.0 Å². The number of rotatable bonds is 23. The highest BCUT2D eigenvalue weighted by Gasteiger charge is 2.26. The van der Waals surface area contributed by atoms with Crippen LogP contribution in [0.4, 0.5) is 22.7 Å². The van der Waals surface area contributed by atoms with E-state index in [9.17, 15) is 29.1 Å². The third-order valence-electron chi connectivity index (χ3n) is 13.3. The Hall–Kier alpha value is -8.91. The molecule has 0 radical (unpaired) electrons. The van der Waals surface area contributed by atoms with Gasteiger partial charge < -0.3 is 45.3 Å². The first-order chi connectivity index (χ1) is 38.9. The van der Waals surface area contributed by atoms with Crippen molar-refractivity contribution in [2.24, 2.45) is 0 Å². The molecule has 0 saturated carbocycles. The molecule has 1 aliphatic carbocycles. The van der Waals surface area contributed by atoms with Gasteiger partial charge >= 0.3 is 5.97 Å². The molecule has 414 valence electrons. The van der Waals surface area contributed by atoms with Gasteiger partial charge in [-0.2, -0.15) is 0 Å². The van der Waals surface area contributed by atoms with E-state index in [-0.39, 0.29) is 68.6 Å². The number of benzene rings is 7. The van der Waals surface area contributed by atoms with Crippen LogP contribution in [0.3, 0.4) is 0 Å². The quantitative estimate of drug-likeness (QED) is 0.0412. The highest BCUT2D eigenvalue weighted by atomic mass is 16.5. The summed E-state index contributed by atoms with van der Waals surface area (Å²) in [5.74, 6) is 0.0862. The fourth-order valence-electron chi connectivity index (χ4n) is 9.74. The van der Waals surface area contributed by atoms with Crippen LogP contribution in [0.1, 0.15) is 148 Å². The van der Waals surface area contributed by atoms with Crippen molar-refractivity contribution < 1.29 is 48.0 Å². The standard InChI is InChI=1S/C66H70N4O10/c1-5-27-77-60-46-31-48-37-55(68-64(74)43-19-12-9-13-20-43)39-50(61(48)78-28-6-2)33-52-41-57(70-66(76)45-23-16-11-17-24-45)42-53(63(52)80-30-8-4)34-51-40-56(69-65(75)44-21-14-10-15-22-44)38-49(62(51)79-29-7-3)32-47(60)36-54(35-46)67-58(71)25-18-26-59(72)73/h9-17,19-24,35-42H,5-8,18,25-34H2,1-4H3,(H,67,71)(H,68,74)(H,69,75)(H,70,76)(H,72,73). The molecule has 1 aliphatic rings. The van der Waals surface area contributed by atoms with Gasteiger partial charge in [0, 0.05) is 122 Å². The number of carbonyl (C=O) groups is 5. The van der Waals surface area contributed by atoms with Crippen molar-refractivity contribution in [3.63, 3.8) is 0 Å². The Bertz CT molecular complexity index is 3150. The topological polar surface area (TPSA) is 191 Å². The first-order valence-corrected chi connectivity index (χ1v) is 27.7. The van der Waals surface area contributed by atoms with Crippen molar-refractivity contribution in [3.8, 4) is 23.0 Å². The molecule has 0 fully saturated rings. The molecule has 14 heteroatoms. The summed E-state index contributed by atoms with van der Waals surface area (Å²) in [7, 11) is 0. The smallest absolute Gasteiger partial charge is 0.303 e. The summed E-state index contributed by atoms with van der Waals surface area (Å²) in [4.78, 5) is 67.5. The van der Waals surface area contributed by atoms with E-state index in [1.807, 2.05) is 131 Å². The van der Waals surface area contributed by atoms with Gasteiger partial charge in [0.15, 0.2) is 0 Å². The number of anilines is 4. The highest BCUT2D eigenvalue weighted by Crippen LogP contribution is 2.43. The summed E-state index contributed by atoms with van der Waals surface area (Å²) in [5, 5.41) is 22.0. The van der Waals surface area contributed by atoms with E-state index in [1.54, 1.807) is 36.4 Å². The van der Waals surface area contributed by atoms with Gasteiger partial charge in [-0.25, -0.2) is 0 Å². The van der Waals surface area contributed by atoms with Gasteiger partial charge in [-0.15, -0.1) is 0 Å². The Morgan fingerprint density at radius 3 is 0.863 bits per heavy atom. The van der Waals surface area contributed by atoms with Crippen LogP contribution in [0.25, 0.3) is 0 Å². The molecule has 0 spiro atoms. The Labute approximate surface area is 468 Å². The third kappa shape index (κ3) is 15.2. The number of hydrogen-bond acceptors (Lipinski definition) is 9. The number of carbonyl (C=O) groups excluding carboxylic acids is 4. The van der Waals surface area contributed by atoms with E-state index >= 15 is 0 Å². The Morgan fingerprint density at radius 1 is 0.375 bits per heavy atom. The molecule has 8 rings (SSSR count). The highest BCUT2D eigenvalue weighted by molar-refractivity contribution is 6.06. The molecule has 0 saturated heterocycles. The van der Waals surface area contributed by atoms with Gasteiger partial charge in [-0.05, 0) is 117 Å². The SMILES string of the molecule is CCCOc1c2cc(NC(=O)CCCC(=O)O)cc1Cc1cc(NC(=O)c3ccccc3)cc(c1OCCC)Cc1cc(NC(=O)c3ccccc3)cc(c1OCCC)Cc1cc(NC(=O)c3ccccc3)cc(c1OCCC)C2. The van der Waals surface area contributed by atoms with E-state index < -0.39 is 5.97 Å². The Kier molecular flexibility index (Phi) is 20.1. The van der Waals surface area contributed by atoms with E-state index in [4.69, 9.17) is 18.9 Å². The summed E-state index contributed by atoms with van der Waals surface area (Å²) in [6.45, 7) is 9.59. The molecule has 0 heterocycles. The molecule has 4 amide bonds. The van der Waals surface area contributed by atoms with E-state index in [1.165, 1.54) is 0 Å². The lowest BCUT2D eigenvalue weighted by Gasteiger charge is -2.25. The van der Waals surface area contributed by atoms with Crippen LogP contribution in [-0.4, -0.2) is 61.1 Å². The van der Waals surface area contributed by atoms with E-state index in [2.05, 4.69) is 21.3 Å². The summed E-state index contributed by atoms with van der Waals surface area (Å²) in [6, 6.07) is 42.3. The van der Waals surface area contributed by atoms with Gasteiger partial charge in [0.2, 0.25) is 5.91 Å². The van der Waals surface area contributed by atoms with Crippen LogP contribution in [0.2, 0.25) is 0 Å². The monoisotopic (exact) mass is 1080 g/mol. The molecule has 0 atom stereocenters. The fraction of sp³-hybridized carbons (Fsp3) is 0.288. The average molecular weight is 1080 g/mol. The van der Waals surface area contributed by atoms with Crippen LogP contribution >= 0.6 is 0 Å². The normalized spacial score (nSPS) is 11.7. The molecule has 0 unspecified atom stereocenters. The maximum atomic E-state index is 14.1. The molecule has 80 heavy (non-hydrogen) atoms. The van der Waals surface area contributed by atoms with Crippen LogP contribution in [0.5, 0.6) is 23.0 Å². The lowest BCUT2D eigenvalue weighted by Crippen LogP contribution is -2.16. The predicted octanol–water partition coefficient (Wildman–Crippen LogP) is 13.5. The van der Waals surface area contributed by atoms with Crippen molar-refractivity contribution >= 4 is 52.3 Å². The lowest BCUT2D eigenvalue weighted by molar-refractivity contribution is -0.137. The van der Waals surface area contributed by atoms with Gasteiger partial charge in [-0.3, -0.25) is 24.0 Å². The first-order valence-electron chi connectivity index (χ1n) is 27.7. The lowest BCUT2D eigenvalue weighted by atomic mass is 9.90. The minimum Gasteiger partial charge on any atom is -0.493 e. The third-order valence-corrected chi connectivity index (χ3v) is 13.3. The number of nitrogens with one attached hydrogen (secondary N) is 4. The number of aliphatic carboxylic acids is 1. The molecular formula is C66H70N4O10. The molecule has 7 aromatic carbocycles. The second kappa shape index (κ2) is 28.1. The minimum absolute atomic E-state index is 0.0180. The van der Waals surface area contributed by atoms with E-state index in [0.29, 0.717) is 137 Å². The largest absolute Gasteiger partial charge is 0.493 e. The zero-order chi connectivity index (χ0) is 56.4. The minimum atomic E-state index is -0.989. The number of hydrogen-bond donors (Lipinski definition) is 5. The van der Waals surface area contributed by atoms with Gasteiger partial charge in [0.25, 0.3) is 17.7 Å². The predicted molar refractivity (Wildman–Crippen MR) is 313 cm³/mol. The zero-order valence-corrected chi connectivity index (χ0v) is 46.0. The van der Waals surface area contributed by atoms with Crippen molar-refractivity contribution in [3.05, 3.63) is 201 Å². The molecule has 14 nitrogen and oxygen atoms in total. The second-order valence-electron chi connectivity index (χ2n) is 19.9. The van der Waals surface area contributed by atoms with Crippen molar-refractivity contribution in [1.29, 1.82) is 0 Å². The first kappa shape index (κ1) is 57.3. The number of amides is 4. The molecule has 8 bridgehead atoms. The molecule has 0 aliphatic heterocycles. The fourth-order valence-corrected chi connectivity index (χ4v) is 9.74. The number of carboxylic acids is 1. The zero-order valence-electron chi connectivity index (χ0n) is 46.0. The number of carboxylic acid groups (broad SMARTS) is 1. The summed E-state index contributed by atoms with van der Waals surface area (Å²) < 4.78 is 27.3. The Morgan fingerprint density at radius 2 is 0.625 bits per heavy atom. The summed E-state index contributed by atoms with van der Waals surface area (Å²) in [6.07, 6.45) is 3.56. The second-order valence-corrected chi connectivity index (χ2v) is 19.9. The van der Waals surface area contributed by atoms with Crippen LogP contribution in [0, 0.1) is 0 Å². The van der Waals surface area contributed by atoms with Crippen LogP contribution in [0.15, 0.2) is 140 Å². The summed E-state index contributed by atoms with van der Waals surface area (Å²) >= 11 is 0. The Balaban J connectivity index is 1.43. The van der Waals surface area contributed by atoms with Crippen LogP contribution < -0.4 is 40.2 Å². The van der Waals surface area contributed by atoms with Crippen molar-refractivity contribution in [2.45, 2.75) is 98.3 Å². The molecule has 7 aromatic rings. The maximum absolute atomic E-state index is 14.1. The average Bonchev–Trinajstić information content (AvgIpc) is 3.46. The van der Waals surface area contributed by atoms with Gasteiger partial charge in [0.05, 0.1) is 26.4 Å². The van der Waals surface area contributed by atoms with Crippen molar-refractivity contribution in [2.75, 3.05) is 47.7 Å². The molecular weight excluding hydrogens is 1010 g/mol. The maximum Gasteiger partial charge on any atom is 0.303 e. The van der Waals surface area contributed by atoms with Gasteiger partial charge in [-0.1, -0.05) is 82.3 Å². The van der Waals surface area contributed by atoms with E-state index in [0.717, 1.165) is 22.3 Å². The number of fused-ring (bicyclic) bond motifs is 8. The van der Waals surface area contributed by atoms with Crippen molar-refractivity contribution in [1.82, 2.24) is 0 Å².